The van der Waals surface area contributed by atoms with Crippen molar-refractivity contribution in [3.05, 3.63) is 35.9 Å². The van der Waals surface area contributed by atoms with Crippen LogP contribution in [-0.2, 0) is 15.9 Å². The van der Waals surface area contributed by atoms with E-state index in [1.807, 2.05) is 0 Å². The topological polar surface area (TPSA) is 18.5 Å². The average Bonchev–Trinajstić information content (AvgIpc) is 2.31. The highest BCUT2D eigenvalue weighted by Gasteiger charge is 2.04. The van der Waals surface area contributed by atoms with E-state index in [-0.39, 0.29) is 15.4 Å². The van der Waals surface area contributed by atoms with Crippen LogP contribution < -0.4 is 0 Å². The maximum atomic E-state index is 5.19. The average molecular weight is 224 g/mol. The van der Waals surface area contributed by atoms with Crippen LogP contribution in [0.4, 0.5) is 0 Å². The van der Waals surface area contributed by atoms with Crippen molar-refractivity contribution >= 4 is 9.52 Å². The molecule has 3 heteroatoms. The van der Waals surface area contributed by atoms with Crippen molar-refractivity contribution in [2.24, 2.45) is 0 Å². The van der Waals surface area contributed by atoms with E-state index < -0.39 is 0 Å². The first-order chi connectivity index (χ1) is 7.36. The first kappa shape index (κ1) is 12.4. The Bertz CT molecular complexity index is 247. The fourth-order valence-corrected chi connectivity index (χ4v) is 2.96. The predicted molar refractivity (Wildman–Crippen MR) is 65.9 cm³/mol. The van der Waals surface area contributed by atoms with Gasteiger partial charge in [0.1, 0.15) is 5.91 Å². The van der Waals surface area contributed by atoms with Crippen LogP contribution in [-0.4, -0.2) is 29.7 Å². The molecule has 0 aromatic heterocycles. The van der Waals surface area contributed by atoms with Crippen molar-refractivity contribution in [3.8, 4) is 0 Å². The molecule has 0 atom stereocenters. The Balaban J connectivity index is 2.12. The summed E-state index contributed by atoms with van der Waals surface area (Å²) in [4.78, 5) is 0. The molecule has 0 aliphatic rings. The van der Waals surface area contributed by atoms with Crippen LogP contribution in [0, 0.1) is 0 Å². The zero-order valence-corrected chi connectivity index (χ0v) is 11.0. The van der Waals surface area contributed by atoms with Gasteiger partial charge in [0.05, 0.1) is 9.52 Å². The summed E-state index contributed by atoms with van der Waals surface area (Å²) in [6.07, 6.45) is 2.42. The molecule has 0 aliphatic heterocycles. The Labute approximate surface area is 94.4 Å². The zero-order valence-electron chi connectivity index (χ0n) is 9.61. The zero-order chi connectivity index (χ0) is 10.9. The molecule has 0 saturated heterocycles. The Morgan fingerprint density at radius 2 is 1.80 bits per heavy atom. The van der Waals surface area contributed by atoms with Gasteiger partial charge in [-0.25, -0.2) is 0 Å². The van der Waals surface area contributed by atoms with Crippen molar-refractivity contribution in [1.82, 2.24) is 0 Å². The van der Waals surface area contributed by atoms with Gasteiger partial charge in [-0.2, -0.15) is 0 Å². The van der Waals surface area contributed by atoms with E-state index >= 15 is 0 Å². The second-order valence-electron chi connectivity index (χ2n) is 3.63. The van der Waals surface area contributed by atoms with Gasteiger partial charge in [-0.05, 0) is 12.0 Å². The standard InChI is InChI=1S/C12H20O2Si/c1-13-12(14-2)15-10-6-9-11-7-4-3-5-8-11/h3-5,7-8,12H,6,9-10,15H2,1-2H3. The number of hydrogen-bond donors (Lipinski definition) is 0. The van der Waals surface area contributed by atoms with Crippen molar-refractivity contribution in [2.75, 3.05) is 14.2 Å². The minimum absolute atomic E-state index is 0.0979. The first-order valence-corrected chi connectivity index (χ1v) is 7.28. The Kier molecular flexibility index (Phi) is 6.32. The molecule has 0 aliphatic carbocycles. The van der Waals surface area contributed by atoms with Gasteiger partial charge >= 0.3 is 0 Å². The number of methoxy groups -OCH3 is 2. The highest BCUT2D eigenvalue weighted by Crippen LogP contribution is 2.05. The van der Waals surface area contributed by atoms with E-state index in [0.717, 1.165) is 0 Å². The highest BCUT2D eigenvalue weighted by atomic mass is 28.2. The minimum atomic E-state index is -0.235. The van der Waals surface area contributed by atoms with E-state index in [2.05, 4.69) is 30.3 Å². The molecular weight excluding hydrogens is 204 g/mol. The SMILES string of the molecule is COC(OC)[SiH2]CCCc1ccccc1. The summed E-state index contributed by atoms with van der Waals surface area (Å²) in [5, 5.41) is 0. The number of benzene rings is 1. The van der Waals surface area contributed by atoms with Crippen molar-refractivity contribution in [1.29, 1.82) is 0 Å². The van der Waals surface area contributed by atoms with Crippen LogP contribution in [0.25, 0.3) is 0 Å². The van der Waals surface area contributed by atoms with Gasteiger partial charge in [0.25, 0.3) is 0 Å². The second kappa shape index (κ2) is 7.62. The molecule has 0 bridgehead atoms. The fraction of sp³-hybridized carbons (Fsp3) is 0.500. The normalized spacial score (nSPS) is 11.7. The van der Waals surface area contributed by atoms with Gasteiger partial charge in [0.2, 0.25) is 0 Å². The van der Waals surface area contributed by atoms with Crippen molar-refractivity contribution < 1.29 is 9.47 Å². The number of rotatable bonds is 7. The number of ether oxygens (including phenoxy) is 2. The summed E-state index contributed by atoms with van der Waals surface area (Å²) in [7, 11) is 3.21. The van der Waals surface area contributed by atoms with Crippen LogP contribution in [0.5, 0.6) is 0 Å². The summed E-state index contributed by atoms with van der Waals surface area (Å²) in [6, 6.07) is 11.9. The third-order valence-corrected chi connectivity index (χ3v) is 4.57. The Hall–Kier alpha value is -0.643. The molecule has 0 N–H and O–H groups in total. The van der Waals surface area contributed by atoms with Gasteiger partial charge in [-0.15, -0.1) is 0 Å². The molecule has 0 fully saturated rings. The molecule has 1 aromatic carbocycles. The molecular formula is C12H20O2Si. The van der Waals surface area contributed by atoms with E-state index in [1.54, 1.807) is 14.2 Å². The Morgan fingerprint density at radius 1 is 1.13 bits per heavy atom. The summed E-state index contributed by atoms with van der Waals surface area (Å²) in [6.45, 7) is 0. The summed E-state index contributed by atoms with van der Waals surface area (Å²) < 4.78 is 10.4. The summed E-state index contributed by atoms with van der Waals surface area (Å²) in [5.41, 5.74) is 1.43. The second-order valence-corrected chi connectivity index (χ2v) is 5.58. The van der Waals surface area contributed by atoms with Crippen LogP contribution in [0.3, 0.4) is 0 Å². The quantitative estimate of drug-likeness (QED) is 0.399. The van der Waals surface area contributed by atoms with E-state index in [1.165, 1.54) is 24.4 Å². The molecule has 2 nitrogen and oxygen atoms in total. The van der Waals surface area contributed by atoms with E-state index in [9.17, 15) is 0 Å². The molecule has 15 heavy (non-hydrogen) atoms. The van der Waals surface area contributed by atoms with Crippen LogP contribution in [0.1, 0.15) is 12.0 Å². The number of aryl methyl sites for hydroxylation is 1. The summed E-state index contributed by atoms with van der Waals surface area (Å²) >= 11 is 0. The van der Waals surface area contributed by atoms with E-state index in [4.69, 9.17) is 9.47 Å². The van der Waals surface area contributed by atoms with Crippen LogP contribution in [0.2, 0.25) is 6.04 Å². The molecule has 0 unspecified atom stereocenters. The molecule has 0 heterocycles. The largest absolute Gasteiger partial charge is 0.360 e. The maximum absolute atomic E-state index is 5.19. The third kappa shape index (κ3) is 5.11. The Morgan fingerprint density at radius 3 is 2.40 bits per heavy atom. The van der Waals surface area contributed by atoms with Gasteiger partial charge in [0, 0.05) is 14.2 Å². The van der Waals surface area contributed by atoms with Crippen LogP contribution in [0.15, 0.2) is 30.3 Å². The lowest BCUT2D eigenvalue weighted by Gasteiger charge is -2.12. The third-order valence-electron chi connectivity index (χ3n) is 2.52. The van der Waals surface area contributed by atoms with Crippen molar-refractivity contribution in [2.45, 2.75) is 24.8 Å². The smallest absolute Gasteiger partial charge is 0.134 e. The molecule has 0 spiro atoms. The maximum Gasteiger partial charge on any atom is 0.134 e. The van der Waals surface area contributed by atoms with Gasteiger partial charge < -0.3 is 9.47 Å². The first-order valence-electron chi connectivity index (χ1n) is 5.46. The van der Waals surface area contributed by atoms with Crippen molar-refractivity contribution in [3.63, 3.8) is 0 Å². The molecule has 0 radical (unpaired) electrons. The molecule has 84 valence electrons. The fourth-order valence-electron chi connectivity index (χ4n) is 1.62. The lowest BCUT2D eigenvalue weighted by molar-refractivity contribution is -0.0441. The molecule has 1 rings (SSSR count). The number of hydrogen-bond acceptors (Lipinski definition) is 2. The van der Waals surface area contributed by atoms with Gasteiger partial charge in [-0.1, -0.05) is 42.8 Å². The van der Waals surface area contributed by atoms with E-state index in [0.29, 0.717) is 0 Å². The molecule has 0 saturated carbocycles. The lowest BCUT2D eigenvalue weighted by Crippen LogP contribution is -2.21. The predicted octanol–water partition coefficient (Wildman–Crippen LogP) is 1.78. The minimum Gasteiger partial charge on any atom is -0.360 e. The highest BCUT2D eigenvalue weighted by molar-refractivity contribution is 6.36. The van der Waals surface area contributed by atoms with Gasteiger partial charge in [-0.3, -0.25) is 0 Å². The summed E-state index contributed by atoms with van der Waals surface area (Å²) in [5.74, 6) is 0.0979. The van der Waals surface area contributed by atoms with Gasteiger partial charge in [0.15, 0.2) is 0 Å². The molecule has 0 amide bonds. The lowest BCUT2D eigenvalue weighted by atomic mass is 10.1. The monoisotopic (exact) mass is 224 g/mol. The van der Waals surface area contributed by atoms with Crippen LogP contribution >= 0.6 is 0 Å². The molecule has 1 aromatic rings.